The molecule has 0 aromatic carbocycles. The number of likely N-dealkylation sites (tertiary alicyclic amines) is 1. The van der Waals surface area contributed by atoms with E-state index in [1.165, 1.54) is 44.5 Å². The predicted octanol–water partition coefficient (Wildman–Crippen LogP) is 3.24. The molecule has 1 aliphatic rings. The van der Waals surface area contributed by atoms with Gasteiger partial charge < -0.3 is 10.2 Å². The molecule has 0 aliphatic carbocycles. The van der Waals surface area contributed by atoms with Gasteiger partial charge in [0, 0.05) is 31.0 Å². The molecule has 2 rings (SSSR count). The lowest BCUT2D eigenvalue weighted by atomic mass is 9.90. The van der Waals surface area contributed by atoms with E-state index in [4.69, 9.17) is 0 Å². The zero-order chi connectivity index (χ0) is 14.4. The Morgan fingerprint density at radius 1 is 1.45 bits per heavy atom. The third kappa shape index (κ3) is 4.29. The Kier molecular flexibility index (Phi) is 5.99. The van der Waals surface area contributed by atoms with Gasteiger partial charge in [0.25, 0.3) is 0 Å². The van der Waals surface area contributed by atoms with E-state index in [0.717, 1.165) is 5.92 Å². The highest BCUT2D eigenvalue weighted by molar-refractivity contribution is 5.13. The van der Waals surface area contributed by atoms with Crippen LogP contribution in [0.1, 0.15) is 51.6 Å². The Morgan fingerprint density at radius 2 is 2.30 bits per heavy atom. The predicted molar refractivity (Wildman–Crippen MR) is 84.7 cm³/mol. The smallest absolute Gasteiger partial charge is 0.0315 e. The van der Waals surface area contributed by atoms with Crippen molar-refractivity contribution < 1.29 is 0 Å². The number of piperidine rings is 1. The van der Waals surface area contributed by atoms with Crippen LogP contribution >= 0.6 is 0 Å². The summed E-state index contributed by atoms with van der Waals surface area (Å²) >= 11 is 0. The number of pyridine rings is 1. The molecule has 112 valence electrons. The van der Waals surface area contributed by atoms with Crippen LogP contribution in [0.15, 0.2) is 24.5 Å². The molecule has 0 saturated carbocycles. The fraction of sp³-hybridized carbons (Fsp3) is 0.706. The molecular weight excluding hydrogens is 246 g/mol. The van der Waals surface area contributed by atoms with E-state index >= 15 is 0 Å². The first-order valence-corrected chi connectivity index (χ1v) is 8.09. The number of nitrogens with one attached hydrogen (secondary N) is 1. The minimum absolute atomic E-state index is 0.375. The zero-order valence-corrected chi connectivity index (χ0v) is 13.2. The molecule has 1 fully saturated rings. The Morgan fingerprint density at radius 3 is 3.00 bits per heavy atom. The van der Waals surface area contributed by atoms with Crippen molar-refractivity contribution in [3.05, 3.63) is 30.1 Å². The summed E-state index contributed by atoms with van der Waals surface area (Å²) in [4.78, 5) is 6.84. The summed E-state index contributed by atoms with van der Waals surface area (Å²) in [6.45, 7) is 10.6. The van der Waals surface area contributed by atoms with Crippen molar-refractivity contribution in [3.8, 4) is 0 Å². The summed E-state index contributed by atoms with van der Waals surface area (Å²) in [7, 11) is 0. The largest absolute Gasteiger partial charge is 0.307 e. The van der Waals surface area contributed by atoms with E-state index in [-0.39, 0.29) is 0 Å². The number of nitrogens with zero attached hydrogens (tertiary/aromatic N) is 2. The number of hydrogen-bond donors (Lipinski definition) is 1. The minimum atomic E-state index is 0.375. The van der Waals surface area contributed by atoms with Crippen molar-refractivity contribution in [3.63, 3.8) is 0 Å². The van der Waals surface area contributed by atoms with E-state index in [9.17, 15) is 0 Å². The van der Waals surface area contributed by atoms with Crippen LogP contribution in [-0.2, 0) is 0 Å². The van der Waals surface area contributed by atoms with Gasteiger partial charge in [-0.25, -0.2) is 0 Å². The van der Waals surface area contributed by atoms with Crippen LogP contribution in [-0.4, -0.2) is 35.6 Å². The average molecular weight is 275 g/mol. The summed E-state index contributed by atoms with van der Waals surface area (Å²) in [6, 6.07) is 5.11. The molecule has 1 saturated heterocycles. The molecule has 1 aromatic heterocycles. The zero-order valence-electron chi connectivity index (χ0n) is 13.2. The maximum Gasteiger partial charge on any atom is 0.0315 e. The van der Waals surface area contributed by atoms with Gasteiger partial charge >= 0.3 is 0 Å². The number of aromatic nitrogens is 1. The van der Waals surface area contributed by atoms with Gasteiger partial charge in [-0.1, -0.05) is 13.0 Å². The molecular formula is C17H29N3. The lowest BCUT2D eigenvalue weighted by molar-refractivity contribution is 0.147. The molecule has 1 aliphatic heterocycles. The van der Waals surface area contributed by atoms with Crippen molar-refractivity contribution in [2.24, 2.45) is 5.92 Å². The van der Waals surface area contributed by atoms with Gasteiger partial charge in [-0.2, -0.15) is 0 Å². The molecule has 0 radical (unpaired) electrons. The summed E-state index contributed by atoms with van der Waals surface area (Å²) in [5.41, 5.74) is 1.28. The van der Waals surface area contributed by atoms with Gasteiger partial charge in [-0.15, -0.1) is 0 Å². The maximum atomic E-state index is 4.21. The lowest BCUT2D eigenvalue weighted by Crippen LogP contribution is -2.45. The van der Waals surface area contributed by atoms with Gasteiger partial charge in [0.05, 0.1) is 0 Å². The van der Waals surface area contributed by atoms with Crippen LogP contribution in [0.2, 0.25) is 0 Å². The molecule has 0 bridgehead atoms. The third-order valence-corrected chi connectivity index (χ3v) is 4.49. The van der Waals surface area contributed by atoms with Gasteiger partial charge in [-0.3, -0.25) is 4.98 Å². The molecule has 2 heterocycles. The Labute approximate surface area is 123 Å². The molecule has 2 unspecified atom stereocenters. The fourth-order valence-corrected chi connectivity index (χ4v) is 3.28. The molecule has 20 heavy (non-hydrogen) atoms. The summed E-state index contributed by atoms with van der Waals surface area (Å²) < 4.78 is 0. The summed E-state index contributed by atoms with van der Waals surface area (Å²) in [6.07, 6.45) is 7.77. The second kappa shape index (κ2) is 7.75. The first kappa shape index (κ1) is 15.5. The van der Waals surface area contributed by atoms with Crippen LogP contribution in [0.25, 0.3) is 0 Å². The highest BCUT2D eigenvalue weighted by Crippen LogP contribution is 2.22. The fourth-order valence-electron chi connectivity index (χ4n) is 3.28. The quantitative estimate of drug-likeness (QED) is 0.864. The van der Waals surface area contributed by atoms with E-state index < -0.39 is 0 Å². The third-order valence-electron chi connectivity index (χ3n) is 4.49. The minimum Gasteiger partial charge on any atom is -0.307 e. The number of hydrogen-bond acceptors (Lipinski definition) is 3. The van der Waals surface area contributed by atoms with E-state index in [1.54, 1.807) is 0 Å². The molecule has 1 aromatic rings. The number of rotatable bonds is 6. The first-order chi connectivity index (χ1) is 9.70. The van der Waals surface area contributed by atoms with Gasteiger partial charge in [-0.05, 0) is 63.7 Å². The molecule has 1 N–H and O–H groups in total. The second-order valence-corrected chi connectivity index (χ2v) is 6.17. The van der Waals surface area contributed by atoms with E-state index in [1.807, 2.05) is 18.5 Å². The molecule has 3 heteroatoms. The van der Waals surface area contributed by atoms with Crippen molar-refractivity contribution in [1.82, 2.24) is 15.2 Å². The van der Waals surface area contributed by atoms with Crippen LogP contribution in [0.5, 0.6) is 0 Å². The maximum absolute atomic E-state index is 4.21. The van der Waals surface area contributed by atoms with E-state index in [2.05, 4.69) is 42.0 Å². The van der Waals surface area contributed by atoms with Crippen LogP contribution in [0.4, 0.5) is 0 Å². The van der Waals surface area contributed by atoms with Crippen molar-refractivity contribution >= 4 is 0 Å². The topological polar surface area (TPSA) is 28.2 Å². The highest BCUT2D eigenvalue weighted by Gasteiger charge is 2.25. The molecule has 0 amide bonds. The summed E-state index contributed by atoms with van der Waals surface area (Å²) in [5.74, 6) is 0.773. The Bertz CT molecular complexity index is 377. The monoisotopic (exact) mass is 275 g/mol. The van der Waals surface area contributed by atoms with Crippen LogP contribution < -0.4 is 5.32 Å². The van der Waals surface area contributed by atoms with Gasteiger partial charge in [0.2, 0.25) is 0 Å². The van der Waals surface area contributed by atoms with E-state index in [0.29, 0.717) is 12.1 Å². The van der Waals surface area contributed by atoms with Gasteiger partial charge in [0.15, 0.2) is 0 Å². The molecule has 3 nitrogen and oxygen atoms in total. The van der Waals surface area contributed by atoms with Crippen LogP contribution in [0.3, 0.4) is 0 Å². The average Bonchev–Trinajstić information content (AvgIpc) is 2.48. The Balaban J connectivity index is 1.86. The second-order valence-electron chi connectivity index (χ2n) is 6.17. The molecule has 3 atom stereocenters. The van der Waals surface area contributed by atoms with Crippen molar-refractivity contribution in [1.29, 1.82) is 0 Å². The highest BCUT2D eigenvalue weighted by atomic mass is 15.1. The molecule has 0 spiro atoms. The Hall–Kier alpha value is -0.930. The first-order valence-electron chi connectivity index (χ1n) is 8.09. The normalized spacial score (nSPS) is 23.4. The SMILES string of the molecule is CCCN1CCCC(C(C)N[C@H](C)c2cccnc2)C1. The van der Waals surface area contributed by atoms with Crippen LogP contribution in [0, 0.1) is 5.92 Å². The van der Waals surface area contributed by atoms with Crippen molar-refractivity contribution in [2.75, 3.05) is 19.6 Å². The lowest BCUT2D eigenvalue weighted by Gasteiger charge is -2.37. The van der Waals surface area contributed by atoms with Gasteiger partial charge in [0.1, 0.15) is 0 Å². The summed E-state index contributed by atoms with van der Waals surface area (Å²) in [5, 5.41) is 3.76. The standard InChI is InChI=1S/C17H29N3/c1-4-10-20-11-6-8-17(13-20)15(3)19-14(2)16-7-5-9-18-12-16/h5,7,9,12,14-15,17,19H,4,6,8,10-11,13H2,1-3H3/t14-,15?,17?/m1/s1. The van der Waals surface area contributed by atoms with Crippen molar-refractivity contribution in [2.45, 2.75) is 52.1 Å².